The second-order valence-corrected chi connectivity index (χ2v) is 8.26. The van der Waals surface area contributed by atoms with Gasteiger partial charge in [-0.05, 0) is 38.1 Å². The quantitative estimate of drug-likeness (QED) is 0.0957. The van der Waals surface area contributed by atoms with E-state index in [1.807, 2.05) is 0 Å². The van der Waals surface area contributed by atoms with Gasteiger partial charge < -0.3 is 44.0 Å². The number of primary amides is 2. The lowest BCUT2D eigenvalue weighted by molar-refractivity contribution is -0.143. The van der Waals surface area contributed by atoms with Crippen LogP contribution in [-0.2, 0) is 28.8 Å². The van der Waals surface area contributed by atoms with Crippen molar-refractivity contribution in [3.63, 3.8) is 0 Å². The fourth-order valence-corrected chi connectivity index (χ4v) is 2.94. The minimum Gasteiger partial charge on any atom is -0.480 e. The minimum atomic E-state index is -1.30. The van der Waals surface area contributed by atoms with Gasteiger partial charge in [0.15, 0.2) is 0 Å². The average Bonchev–Trinajstić information content (AvgIpc) is 2.72. The van der Waals surface area contributed by atoms with Crippen LogP contribution < -0.4 is 38.9 Å². The predicted octanol–water partition coefficient (Wildman–Crippen LogP) is -3.22. The summed E-state index contributed by atoms with van der Waals surface area (Å²) in [6, 6.07) is -4.94. The average molecular weight is 488 g/mol. The van der Waals surface area contributed by atoms with Gasteiger partial charge in [-0.1, -0.05) is 13.8 Å². The Kier molecular flexibility index (Phi) is 14.1. The summed E-state index contributed by atoms with van der Waals surface area (Å²) in [6.07, 6.45) is 0.262. The fraction of sp³-hybridized carbons (Fsp3) is 0.700. The first-order valence-electron chi connectivity index (χ1n) is 11.0. The Morgan fingerprint density at radius 2 is 1.32 bits per heavy atom. The van der Waals surface area contributed by atoms with Gasteiger partial charge >= 0.3 is 5.97 Å². The lowest BCUT2D eigenvalue weighted by atomic mass is 10.0. The largest absolute Gasteiger partial charge is 0.480 e. The van der Waals surface area contributed by atoms with Gasteiger partial charge in [0.2, 0.25) is 29.5 Å². The molecule has 0 aliphatic rings. The zero-order chi connectivity index (χ0) is 26.4. The van der Waals surface area contributed by atoms with Gasteiger partial charge in [-0.15, -0.1) is 0 Å². The van der Waals surface area contributed by atoms with E-state index in [1.165, 1.54) is 0 Å². The summed E-state index contributed by atoms with van der Waals surface area (Å²) in [7, 11) is 0. The molecule has 4 atom stereocenters. The van der Waals surface area contributed by atoms with Crippen LogP contribution in [-0.4, -0.2) is 71.3 Å². The predicted molar refractivity (Wildman–Crippen MR) is 121 cm³/mol. The van der Waals surface area contributed by atoms with E-state index in [4.69, 9.17) is 22.9 Å². The van der Waals surface area contributed by atoms with Crippen LogP contribution in [0.3, 0.4) is 0 Å². The van der Waals surface area contributed by atoms with Gasteiger partial charge in [0.05, 0.1) is 12.5 Å². The second kappa shape index (κ2) is 15.6. The van der Waals surface area contributed by atoms with Crippen molar-refractivity contribution in [2.75, 3.05) is 6.54 Å². The molecule has 0 aromatic heterocycles. The topological polar surface area (TPSA) is 263 Å². The van der Waals surface area contributed by atoms with E-state index < -0.39 is 72.0 Å². The van der Waals surface area contributed by atoms with E-state index >= 15 is 0 Å². The molecule has 0 bridgehead atoms. The van der Waals surface area contributed by atoms with E-state index in [0.717, 1.165) is 0 Å². The molecule has 34 heavy (non-hydrogen) atoms. The molecule has 0 saturated heterocycles. The molecule has 0 rings (SSSR count). The van der Waals surface area contributed by atoms with Crippen LogP contribution in [0.5, 0.6) is 0 Å². The fourth-order valence-electron chi connectivity index (χ4n) is 2.94. The summed E-state index contributed by atoms with van der Waals surface area (Å²) in [5.41, 5.74) is 21.3. The van der Waals surface area contributed by atoms with Crippen molar-refractivity contribution in [1.82, 2.24) is 16.0 Å². The Morgan fingerprint density at radius 1 is 0.794 bits per heavy atom. The smallest absolute Gasteiger partial charge is 0.326 e. The first-order chi connectivity index (χ1) is 15.8. The Bertz CT molecular complexity index is 745. The monoisotopic (exact) mass is 487 g/mol. The van der Waals surface area contributed by atoms with Crippen LogP contribution in [0.1, 0.15) is 52.4 Å². The molecule has 14 nitrogen and oxygen atoms in total. The van der Waals surface area contributed by atoms with Crippen LogP contribution in [0.25, 0.3) is 0 Å². The molecule has 0 fully saturated rings. The summed E-state index contributed by atoms with van der Waals surface area (Å²) in [6.45, 7) is 3.53. The molecule has 14 heteroatoms. The van der Waals surface area contributed by atoms with Crippen molar-refractivity contribution in [2.24, 2.45) is 28.9 Å². The number of unbranched alkanes of at least 4 members (excludes halogenated alkanes) is 1. The maximum absolute atomic E-state index is 12.9. The number of amides is 5. The van der Waals surface area contributed by atoms with Crippen molar-refractivity contribution in [3.05, 3.63) is 0 Å². The number of carboxylic acid groups (broad SMARTS) is 1. The van der Waals surface area contributed by atoms with E-state index in [2.05, 4.69) is 16.0 Å². The van der Waals surface area contributed by atoms with Crippen molar-refractivity contribution in [3.8, 4) is 0 Å². The van der Waals surface area contributed by atoms with Crippen molar-refractivity contribution >= 4 is 35.5 Å². The second-order valence-electron chi connectivity index (χ2n) is 8.26. The first kappa shape index (κ1) is 30.7. The lowest BCUT2D eigenvalue weighted by Crippen LogP contribution is -2.57. The van der Waals surface area contributed by atoms with Crippen molar-refractivity contribution in [1.29, 1.82) is 0 Å². The van der Waals surface area contributed by atoms with Crippen LogP contribution >= 0.6 is 0 Å². The molecule has 0 aliphatic heterocycles. The molecular formula is C20H37N7O7. The molecule has 0 aliphatic carbocycles. The molecule has 0 spiro atoms. The molecule has 4 unspecified atom stereocenters. The van der Waals surface area contributed by atoms with Crippen molar-refractivity contribution < 1.29 is 33.9 Å². The maximum Gasteiger partial charge on any atom is 0.326 e. The SMILES string of the molecule is CC(C)C(NC(=O)C(CCC(N)=O)NC(=O)C(CCCCN)NC(=O)C(N)CC(N)=O)C(=O)O. The summed E-state index contributed by atoms with van der Waals surface area (Å²) in [4.78, 5) is 71.6. The Hall–Kier alpha value is -3.26. The number of rotatable bonds is 17. The third kappa shape index (κ3) is 12.1. The highest BCUT2D eigenvalue weighted by Gasteiger charge is 2.31. The lowest BCUT2D eigenvalue weighted by Gasteiger charge is -2.26. The Labute approximate surface area is 197 Å². The number of nitrogens with two attached hydrogens (primary N) is 4. The van der Waals surface area contributed by atoms with Crippen LogP contribution in [0.4, 0.5) is 0 Å². The Morgan fingerprint density at radius 3 is 1.79 bits per heavy atom. The minimum absolute atomic E-state index is 0.145. The number of carbonyl (C=O) groups excluding carboxylic acids is 5. The van der Waals surface area contributed by atoms with Gasteiger partial charge in [0.25, 0.3) is 0 Å². The van der Waals surface area contributed by atoms with Gasteiger partial charge in [-0.2, -0.15) is 0 Å². The number of nitrogens with one attached hydrogen (secondary N) is 3. The van der Waals surface area contributed by atoms with Crippen LogP contribution in [0, 0.1) is 5.92 Å². The van der Waals surface area contributed by atoms with Crippen molar-refractivity contribution in [2.45, 2.75) is 76.5 Å². The third-order valence-corrected chi connectivity index (χ3v) is 4.88. The van der Waals surface area contributed by atoms with E-state index in [9.17, 15) is 33.9 Å². The molecule has 12 N–H and O–H groups in total. The normalized spacial score (nSPS) is 14.4. The van der Waals surface area contributed by atoms with Gasteiger partial charge in [0.1, 0.15) is 18.1 Å². The van der Waals surface area contributed by atoms with E-state index in [1.54, 1.807) is 13.8 Å². The van der Waals surface area contributed by atoms with Gasteiger partial charge in [-0.25, -0.2) is 4.79 Å². The molecule has 0 heterocycles. The highest BCUT2D eigenvalue weighted by molar-refractivity contribution is 5.95. The van der Waals surface area contributed by atoms with Crippen LogP contribution in [0.2, 0.25) is 0 Å². The van der Waals surface area contributed by atoms with E-state index in [0.29, 0.717) is 19.4 Å². The molecule has 0 saturated carbocycles. The number of aliphatic carboxylic acids is 1. The number of carboxylic acids is 1. The highest BCUT2D eigenvalue weighted by Crippen LogP contribution is 2.07. The maximum atomic E-state index is 12.9. The molecule has 0 radical (unpaired) electrons. The van der Waals surface area contributed by atoms with Gasteiger partial charge in [-0.3, -0.25) is 24.0 Å². The van der Waals surface area contributed by atoms with Crippen LogP contribution in [0.15, 0.2) is 0 Å². The summed E-state index contributed by atoms with van der Waals surface area (Å²) in [5, 5.41) is 16.5. The summed E-state index contributed by atoms with van der Waals surface area (Å²) >= 11 is 0. The summed E-state index contributed by atoms with van der Waals surface area (Å²) in [5.74, 6) is -5.63. The first-order valence-corrected chi connectivity index (χ1v) is 11.0. The molecular weight excluding hydrogens is 450 g/mol. The molecule has 194 valence electrons. The molecule has 0 aromatic rings. The number of hydrogen-bond acceptors (Lipinski definition) is 8. The molecule has 5 amide bonds. The zero-order valence-electron chi connectivity index (χ0n) is 19.5. The summed E-state index contributed by atoms with van der Waals surface area (Å²) < 4.78 is 0. The third-order valence-electron chi connectivity index (χ3n) is 4.88. The Balaban J connectivity index is 5.58. The molecule has 0 aromatic carbocycles. The highest BCUT2D eigenvalue weighted by atomic mass is 16.4. The number of hydrogen-bond donors (Lipinski definition) is 8. The van der Waals surface area contributed by atoms with E-state index in [-0.39, 0.29) is 19.3 Å². The zero-order valence-corrected chi connectivity index (χ0v) is 19.5. The number of carbonyl (C=O) groups is 6. The standard InChI is InChI=1S/C20H37N7O7/c1-10(2)16(20(33)34)27-19(32)13(6-7-14(23)28)26-18(31)12(5-3-4-8-21)25-17(30)11(22)9-15(24)29/h10-13,16H,3-9,21-22H2,1-2H3,(H2,23,28)(H2,24,29)(H,25,30)(H,26,31)(H,27,32)(H,33,34). The van der Waals surface area contributed by atoms with Gasteiger partial charge in [0, 0.05) is 6.42 Å².